The Morgan fingerprint density at radius 1 is 1.45 bits per heavy atom. The van der Waals surface area contributed by atoms with Crippen molar-refractivity contribution in [2.75, 3.05) is 0 Å². The maximum atomic E-state index is 12.6. The van der Waals surface area contributed by atoms with Crippen LogP contribution in [0.5, 0.6) is 0 Å². The predicted octanol–water partition coefficient (Wildman–Crippen LogP) is 3.49. The van der Waals surface area contributed by atoms with Gasteiger partial charge in [0.1, 0.15) is 5.82 Å². The van der Waals surface area contributed by atoms with Gasteiger partial charge < -0.3 is 0 Å². The number of rotatable bonds is 0. The molecule has 0 saturated carbocycles. The summed E-state index contributed by atoms with van der Waals surface area (Å²) in [5.41, 5.74) is 0. The molecule has 0 amide bonds. The van der Waals surface area contributed by atoms with Crippen molar-refractivity contribution in [3.63, 3.8) is 0 Å². The van der Waals surface area contributed by atoms with Crippen LogP contribution >= 0.6 is 22.9 Å². The number of halogens is 2. The molecule has 1 aromatic carbocycles. The largest absolute Gasteiger partial charge is 0.207 e. The maximum absolute atomic E-state index is 12.6. The summed E-state index contributed by atoms with van der Waals surface area (Å²) in [6.07, 6.45) is 0. The molecule has 0 bridgehead atoms. The van der Waals surface area contributed by atoms with Gasteiger partial charge in [-0.1, -0.05) is 11.6 Å². The van der Waals surface area contributed by atoms with E-state index in [0.717, 1.165) is 10.1 Å². The lowest BCUT2D eigenvalue weighted by atomic mass is 10.2. The van der Waals surface area contributed by atoms with Crippen molar-refractivity contribution >= 4 is 33.0 Å². The van der Waals surface area contributed by atoms with E-state index in [1.54, 1.807) is 6.07 Å². The zero-order valence-corrected chi connectivity index (χ0v) is 6.97. The Balaban J connectivity index is 2.87. The molecule has 0 saturated heterocycles. The molecule has 11 heavy (non-hydrogen) atoms. The molecular formula is C8H3ClFS. The highest BCUT2D eigenvalue weighted by Crippen LogP contribution is 2.29. The van der Waals surface area contributed by atoms with Crippen LogP contribution in [0.25, 0.3) is 10.1 Å². The zero-order valence-electron chi connectivity index (χ0n) is 5.40. The highest BCUT2D eigenvalue weighted by molar-refractivity contribution is 7.17. The molecule has 2 aromatic rings. The molecular weight excluding hydrogens is 183 g/mol. The lowest BCUT2D eigenvalue weighted by Crippen LogP contribution is -1.69. The molecule has 2 rings (SSSR count). The van der Waals surface area contributed by atoms with Crippen molar-refractivity contribution in [2.24, 2.45) is 0 Å². The summed E-state index contributed by atoms with van der Waals surface area (Å²) < 4.78 is 13.6. The monoisotopic (exact) mass is 185 g/mol. The van der Waals surface area contributed by atoms with Gasteiger partial charge in [0.2, 0.25) is 0 Å². The van der Waals surface area contributed by atoms with E-state index in [-0.39, 0.29) is 5.82 Å². The summed E-state index contributed by atoms with van der Waals surface area (Å²) in [6.45, 7) is 0. The van der Waals surface area contributed by atoms with Crippen molar-refractivity contribution in [3.8, 4) is 0 Å². The van der Waals surface area contributed by atoms with Crippen LogP contribution < -0.4 is 0 Å². The van der Waals surface area contributed by atoms with Crippen LogP contribution in [0.4, 0.5) is 4.39 Å². The van der Waals surface area contributed by atoms with Crippen molar-refractivity contribution in [1.29, 1.82) is 0 Å². The van der Waals surface area contributed by atoms with Gasteiger partial charge in [-0.25, -0.2) is 4.39 Å². The summed E-state index contributed by atoms with van der Waals surface area (Å²) in [5.74, 6) is -0.258. The summed E-state index contributed by atoms with van der Waals surface area (Å²) in [5, 5.41) is 4.10. The van der Waals surface area contributed by atoms with Crippen molar-refractivity contribution in [2.45, 2.75) is 0 Å². The molecule has 0 aliphatic rings. The third-order valence-corrected chi connectivity index (χ3v) is 2.72. The van der Waals surface area contributed by atoms with Crippen molar-refractivity contribution in [3.05, 3.63) is 34.4 Å². The molecule has 0 spiro atoms. The molecule has 0 N–H and O–H groups in total. The third kappa shape index (κ3) is 1.12. The molecule has 1 radical (unpaired) electrons. The SMILES string of the molecule is Fc1ccc2s[c]c(Cl)c2c1. The van der Waals surface area contributed by atoms with E-state index in [4.69, 9.17) is 11.6 Å². The summed E-state index contributed by atoms with van der Waals surface area (Å²) in [7, 11) is 0. The summed E-state index contributed by atoms with van der Waals surface area (Å²) in [6, 6.07) is 4.55. The van der Waals surface area contributed by atoms with Gasteiger partial charge in [0.05, 0.1) is 10.4 Å². The van der Waals surface area contributed by atoms with E-state index in [2.05, 4.69) is 5.38 Å². The number of fused-ring (bicyclic) bond motifs is 1. The first-order valence-corrected chi connectivity index (χ1v) is 4.22. The van der Waals surface area contributed by atoms with Crippen LogP contribution in [0.15, 0.2) is 18.2 Å². The van der Waals surface area contributed by atoms with E-state index in [1.807, 2.05) is 0 Å². The lowest BCUT2D eigenvalue weighted by Gasteiger charge is -1.88. The normalized spacial score (nSPS) is 10.7. The van der Waals surface area contributed by atoms with Crippen molar-refractivity contribution in [1.82, 2.24) is 0 Å². The Morgan fingerprint density at radius 2 is 2.27 bits per heavy atom. The minimum absolute atomic E-state index is 0.258. The Kier molecular flexibility index (Phi) is 1.59. The average molecular weight is 186 g/mol. The van der Waals surface area contributed by atoms with Crippen LogP contribution in [0.1, 0.15) is 0 Å². The van der Waals surface area contributed by atoms with Crippen LogP contribution in [-0.4, -0.2) is 0 Å². The number of hydrogen-bond donors (Lipinski definition) is 0. The standard InChI is InChI=1S/C8H3ClFS/c9-7-4-11-8-2-1-5(10)3-6(7)8/h1-3H. The Hall–Kier alpha value is -0.600. The van der Waals surface area contributed by atoms with Crippen molar-refractivity contribution < 1.29 is 4.39 Å². The quantitative estimate of drug-likeness (QED) is 0.590. The lowest BCUT2D eigenvalue weighted by molar-refractivity contribution is 0.630. The molecule has 0 atom stereocenters. The average Bonchev–Trinajstić information content (AvgIpc) is 2.33. The molecule has 0 unspecified atom stereocenters. The van der Waals surface area contributed by atoms with Gasteiger partial charge in [-0.3, -0.25) is 0 Å². The highest BCUT2D eigenvalue weighted by atomic mass is 35.5. The van der Waals surface area contributed by atoms with Gasteiger partial charge in [-0.15, -0.1) is 11.3 Å². The number of thiophene rings is 1. The zero-order chi connectivity index (χ0) is 7.84. The fraction of sp³-hybridized carbons (Fsp3) is 0. The third-order valence-electron chi connectivity index (χ3n) is 1.43. The maximum Gasteiger partial charge on any atom is 0.123 e. The first-order chi connectivity index (χ1) is 5.27. The predicted molar refractivity (Wildman–Crippen MR) is 45.6 cm³/mol. The molecule has 0 nitrogen and oxygen atoms in total. The van der Waals surface area contributed by atoms with E-state index in [9.17, 15) is 4.39 Å². The van der Waals surface area contributed by atoms with Gasteiger partial charge >= 0.3 is 0 Å². The first-order valence-electron chi connectivity index (χ1n) is 3.02. The topological polar surface area (TPSA) is 0 Å². The fourth-order valence-electron chi connectivity index (χ4n) is 0.917. The molecule has 0 aliphatic carbocycles. The van der Waals surface area contributed by atoms with Crippen LogP contribution in [0.2, 0.25) is 5.02 Å². The van der Waals surface area contributed by atoms with E-state index in [1.165, 1.54) is 23.5 Å². The molecule has 1 heterocycles. The minimum Gasteiger partial charge on any atom is -0.207 e. The van der Waals surface area contributed by atoms with Gasteiger partial charge in [-0.2, -0.15) is 0 Å². The van der Waals surface area contributed by atoms with E-state index in [0.29, 0.717) is 5.02 Å². The van der Waals surface area contributed by atoms with Crippen LogP contribution in [0.3, 0.4) is 0 Å². The second kappa shape index (κ2) is 2.47. The number of benzene rings is 1. The van der Waals surface area contributed by atoms with E-state index < -0.39 is 0 Å². The molecule has 3 heteroatoms. The van der Waals surface area contributed by atoms with Gasteiger partial charge in [-0.05, 0) is 18.2 Å². The second-order valence-corrected chi connectivity index (χ2v) is 3.38. The minimum atomic E-state index is -0.258. The molecule has 1 aromatic heterocycles. The van der Waals surface area contributed by atoms with E-state index >= 15 is 0 Å². The fourth-order valence-corrected chi connectivity index (χ4v) is 1.96. The molecule has 0 fully saturated rings. The molecule has 55 valence electrons. The van der Waals surface area contributed by atoms with Crippen LogP contribution in [-0.2, 0) is 0 Å². The second-order valence-electron chi connectivity index (χ2n) is 2.16. The Morgan fingerprint density at radius 3 is 3.09 bits per heavy atom. The number of hydrogen-bond acceptors (Lipinski definition) is 1. The highest BCUT2D eigenvalue weighted by Gasteiger charge is 2.02. The molecule has 0 aliphatic heterocycles. The van der Waals surface area contributed by atoms with Crippen LogP contribution in [0, 0.1) is 11.2 Å². The Labute approximate surface area is 72.2 Å². The van der Waals surface area contributed by atoms with Gasteiger partial charge in [0, 0.05) is 10.1 Å². The Bertz CT molecular complexity index is 394. The first kappa shape index (κ1) is 7.07. The van der Waals surface area contributed by atoms with Gasteiger partial charge in [0.15, 0.2) is 0 Å². The smallest absolute Gasteiger partial charge is 0.123 e. The summed E-state index contributed by atoms with van der Waals surface area (Å²) >= 11 is 7.13. The summed E-state index contributed by atoms with van der Waals surface area (Å²) in [4.78, 5) is 0. The van der Waals surface area contributed by atoms with Gasteiger partial charge in [0.25, 0.3) is 0 Å².